The highest BCUT2D eigenvalue weighted by atomic mass is 15.0. The van der Waals surface area contributed by atoms with Crippen LogP contribution in [0.15, 0.2) is 12.4 Å². The molecule has 4 heteroatoms. The average Bonchev–Trinajstić information content (AvgIpc) is 2.26. The Bertz CT molecular complexity index is 329. The van der Waals surface area contributed by atoms with Gasteiger partial charge in [0.1, 0.15) is 6.07 Å². The summed E-state index contributed by atoms with van der Waals surface area (Å²) >= 11 is 0. The number of hydrogen-bond donors (Lipinski definition) is 1. The summed E-state index contributed by atoms with van der Waals surface area (Å²) in [6, 6.07) is 2.00. The Balaban J connectivity index is 2.63. The summed E-state index contributed by atoms with van der Waals surface area (Å²) in [5.74, 6) is 1.15. The molecule has 0 fully saturated rings. The van der Waals surface area contributed by atoms with E-state index in [2.05, 4.69) is 29.1 Å². The molecule has 0 aromatic carbocycles. The first kappa shape index (κ1) is 10.5. The highest BCUT2D eigenvalue weighted by Gasteiger charge is 2.04. The van der Waals surface area contributed by atoms with E-state index in [0.29, 0.717) is 17.4 Å². The van der Waals surface area contributed by atoms with Gasteiger partial charge in [0.25, 0.3) is 0 Å². The SMILES string of the molecule is CCC(C)CNc1nccnc1C#N. The van der Waals surface area contributed by atoms with E-state index in [1.165, 1.54) is 6.20 Å². The highest BCUT2D eigenvalue weighted by molar-refractivity contribution is 5.46. The van der Waals surface area contributed by atoms with Crippen molar-refractivity contribution in [3.05, 3.63) is 18.1 Å². The smallest absolute Gasteiger partial charge is 0.182 e. The lowest BCUT2D eigenvalue weighted by Crippen LogP contribution is -2.12. The molecule has 0 saturated heterocycles. The van der Waals surface area contributed by atoms with Gasteiger partial charge in [0.05, 0.1) is 0 Å². The minimum Gasteiger partial charge on any atom is -0.367 e. The van der Waals surface area contributed by atoms with Gasteiger partial charge in [-0.2, -0.15) is 5.26 Å². The van der Waals surface area contributed by atoms with Gasteiger partial charge in [-0.3, -0.25) is 0 Å². The molecule has 0 aliphatic carbocycles. The Morgan fingerprint density at radius 3 is 2.86 bits per heavy atom. The number of anilines is 1. The topological polar surface area (TPSA) is 61.6 Å². The summed E-state index contributed by atoms with van der Waals surface area (Å²) in [7, 11) is 0. The van der Waals surface area contributed by atoms with E-state index in [1.54, 1.807) is 6.20 Å². The minimum absolute atomic E-state index is 0.357. The Morgan fingerprint density at radius 2 is 2.21 bits per heavy atom. The van der Waals surface area contributed by atoms with Gasteiger partial charge in [0, 0.05) is 18.9 Å². The van der Waals surface area contributed by atoms with Crippen molar-refractivity contribution in [1.29, 1.82) is 5.26 Å². The first-order valence-corrected chi connectivity index (χ1v) is 4.73. The molecule has 1 rings (SSSR count). The molecule has 14 heavy (non-hydrogen) atoms. The number of aromatic nitrogens is 2. The first-order valence-electron chi connectivity index (χ1n) is 4.73. The van der Waals surface area contributed by atoms with Crippen molar-refractivity contribution < 1.29 is 0 Å². The maximum atomic E-state index is 8.75. The van der Waals surface area contributed by atoms with E-state index in [4.69, 9.17) is 5.26 Å². The van der Waals surface area contributed by atoms with Gasteiger partial charge in [-0.15, -0.1) is 0 Å². The molecule has 0 bridgehead atoms. The summed E-state index contributed by atoms with van der Waals surface area (Å²) in [5, 5.41) is 11.9. The second-order valence-corrected chi connectivity index (χ2v) is 3.26. The number of nitriles is 1. The van der Waals surface area contributed by atoms with Crippen molar-refractivity contribution in [2.75, 3.05) is 11.9 Å². The van der Waals surface area contributed by atoms with Crippen LogP contribution in [-0.2, 0) is 0 Å². The number of nitrogens with one attached hydrogen (secondary N) is 1. The molecular weight excluding hydrogens is 176 g/mol. The van der Waals surface area contributed by atoms with E-state index in [0.717, 1.165) is 13.0 Å². The van der Waals surface area contributed by atoms with Crippen LogP contribution < -0.4 is 5.32 Å². The molecule has 0 radical (unpaired) electrons. The van der Waals surface area contributed by atoms with Crippen LogP contribution >= 0.6 is 0 Å². The predicted octanol–water partition coefficient (Wildman–Crippen LogP) is 1.81. The van der Waals surface area contributed by atoms with Crippen LogP contribution in [0.1, 0.15) is 26.0 Å². The van der Waals surface area contributed by atoms with Crippen molar-refractivity contribution in [3.63, 3.8) is 0 Å². The molecule has 0 aliphatic heterocycles. The maximum Gasteiger partial charge on any atom is 0.182 e. The van der Waals surface area contributed by atoms with E-state index in [-0.39, 0.29) is 0 Å². The summed E-state index contributed by atoms with van der Waals surface area (Å²) < 4.78 is 0. The molecular formula is C10H14N4. The van der Waals surface area contributed by atoms with Crippen LogP contribution in [0.3, 0.4) is 0 Å². The Morgan fingerprint density at radius 1 is 1.50 bits per heavy atom. The van der Waals surface area contributed by atoms with Crippen molar-refractivity contribution in [2.24, 2.45) is 5.92 Å². The lowest BCUT2D eigenvalue weighted by atomic mass is 10.1. The van der Waals surface area contributed by atoms with Gasteiger partial charge in [-0.25, -0.2) is 9.97 Å². The van der Waals surface area contributed by atoms with E-state index in [1.807, 2.05) is 6.07 Å². The lowest BCUT2D eigenvalue weighted by molar-refractivity contribution is 0.592. The van der Waals surface area contributed by atoms with Gasteiger partial charge in [0.15, 0.2) is 11.5 Å². The molecule has 1 aromatic rings. The molecule has 4 nitrogen and oxygen atoms in total. The Hall–Kier alpha value is -1.63. The summed E-state index contributed by atoms with van der Waals surface area (Å²) in [6.07, 6.45) is 4.21. The van der Waals surface area contributed by atoms with Gasteiger partial charge >= 0.3 is 0 Å². The molecule has 74 valence electrons. The summed E-state index contributed by atoms with van der Waals surface area (Å²) in [4.78, 5) is 7.97. The molecule has 1 unspecified atom stereocenters. The quantitative estimate of drug-likeness (QED) is 0.786. The van der Waals surface area contributed by atoms with Crippen LogP contribution in [0, 0.1) is 17.2 Å². The van der Waals surface area contributed by atoms with Gasteiger partial charge in [0.2, 0.25) is 0 Å². The number of hydrogen-bond acceptors (Lipinski definition) is 4. The van der Waals surface area contributed by atoms with Crippen molar-refractivity contribution >= 4 is 5.82 Å². The van der Waals surface area contributed by atoms with Gasteiger partial charge < -0.3 is 5.32 Å². The van der Waals surface area contributed by atoms with Crippen molar-refractivity contribution in [2.45, 2.75) is 20.3 Å². The third-order valence-corrected chi connectivity index (χ3v) is 2.12. The van der Waals surface area contributed by atoms with Crippen LogP contribution in [0.5, 0.6) is 0 Å². The highest BCUT2D eigenvalue weighted by Crippen LogP contribution is 2.08. The van der Waals surface area contributed by atoms with Gasteiger partial charge in [-0.1, -0.05) is 20.3 Å². The zero-order valence-electron chi connectivity index (χ0n) is 8.49. The normalized spacial score (nSPS) is 11.8. The molecule has 0 amide bonds. The molecule has 1 N–H and O–H groups in total. The minimum atomic E-state index is 0.357. The van der Waals surface area contributed by atoms with E-state index in [9.17, 15) is 0 Å². The van der Waals surface area contributed by atoms with Crippen molar-refractivity contribution in [1.82, 2.24) is 9.97 Å². The maximum absolute atomic E-state index is 8.75. The predicted molar refractivity (Wildman–Crippen MR) is 54.7 cm³/mol. The fraction of sp³-hybridized carbons (Fsp3) is 0.500. The van der Waals surface area contributed by atoms with Crippen LogP contribution in [0.4, 0.5) is 5.82 Å². The second kappa shape index (κ2) is 5.18. The van der Waals surface area contributed by atoms with Gasteiger partial charge in [-0.05, 0) is 5.92 Å². The zero-order valence-corrected chi connectivity index (χ0v) is 8.49. The van der Waals surface area contributed by atoms with E-state index < -0.39 is 0 Å². The average molecular weight is 190 g/mol. The lowest BCUT2D eigenvalue weighted by Gasteiger charge is -2.10. The second-order valence-electron chi connectivity index (χ2n) is 3.26. The molecule has 1 aromatic heterocycles. The van der Waals surface area contributed by atoms with Crippen LogP contribution in [-0.4, -0.2) is 16.5 Å². The fourth-order valence-corrected chi connectivity index (χ4v) is 0.964. The Labute approximate surface area is 84.0 Å². The Kier molecular flexibility index (Phi) is 3.86. The fourth-order valence-electron chi connectivity index (χ4n) is 0.964. The molecule has 0 aliphatic rings. The van der Waals surface area contributed by atoms with E-state index >= 15 is 0 Å². The molecule has 0 saturated carbocycles. The third-order valence-electron chi connectivity index (χ3n) is 2.12. The zero-order chi connectivity index (χ0) is 10.4. The van der Waals surface area contributed by atoms with Crippen LogP contribution in [0.2, 0.25) is 0 Å². The number of rotatable bonds is 4. The van der Waals surface area contributed by atoms with Crippen molar-refractivity contribution in [3.8, 4) is 6.07 Å². The molecule has 0 spiro atoms. The monoisotopic (exact) mass is 190 g/mol. The molecule has 1 atom stereocenters. The molecule has 1 heterocycles. The summed E-state index contributed by atoms with van der Waals surface area (Å²) in [6.45, 7) is 5.10. The largest absolute Gasteiger partial charge is 0.367 e. The third kappa shape index (κ3) is 2.70. The first-order chi connectivity index (χ1) is 6.77. The summed E-state index contributed by atoms with van der Waals surface area (Å²) in [5.41, 5.74) is 0.357. The number of nitrogens with zero attached hydrogens (tertiary/aromatic N) is 3. The van der Waals surface area contributed by atoms with Crippen LogP contribution in [0.25, 0.3) is 0 Å². The standard InChI is InChI=1S/C10H14N4/c1-3-8(2)7-14-10-9(6-11)12-4-5-13-10/h4-5,8H,3,7H2,1-2H3,(H,13,14).